The van der Waals surface area contributed by atoms with Crippen molar-refractivity contribution in [2.24, 2.45) is 0 Å². The van der Waals surface area contributed by atoms with E-state index in [1.807, 2.05) is 0 Å². The predicted octanol–water partition coefficient (Wildman–Crippen LogP) is -5.53. The normalized spacial score (nSPS) is 36.3. The number of phenols is 2. The van der Waals surface area contributed by atoms with Gasteiger partial charge in [0.2, 0.25) is 5.79 Å². The van der Waals surface area contributed by atoms with E-state index in [2.05, 4.69) is 0 Å². The maximum absolute atomic E-state index is 14.3. The zero-order chi connectivity index (χ0) is 67.6. The van der Waals surface area contributed by atoms with E-state index < -0.39 is 210 Å². The summed E-state index contributed by atoms with van der Waals surface area (Å²) in [5.41, 5.74) is 0.343. The van der Waals surface area contributed by atoms with Gasteiger partial charge in [-0.3, -0.25) is 4.79 Å². The quantitative estimate of drug-likeness (QED) is 0.0214. The third-order valence-corrected chi connectivity index (χ3v) is 15.5. The van der Waals surface area contributed by atoms with Crippen LogP contribution < -0.4 is 9.47 Å². The summed E-state index contributed by atoms with van der Waals surface area (Å²) in [4.78, 5) is 54.5. The Morgan fingerprint density at radius 1 is 0.495 bits per heavy atom. The zero-order valence-electron chi connectivity index (χ0n) is 49.6. The van der Waals surface area contributed by atoms with Crippen molar-refractivity contribution in [3.05, 3.63) is 95.6 Å². The molecule has 5 aliphatic rings. The summed E-state index contributed by atoms with van der Waals surface area (Å²) in [5.74, 6) is -8.27. The SMILES string of the molecule is COc1cc(/C=C/C(=O)OC[C@]2(O[C@H]3O[C@H](CO)[C@@H](OC(=O)/C=C/c4ccc(O)c(OC)c4)[C@H](O[C@@H]4O[C@@H](COC(C)=O)[C@@H](O)[C@H](O[C@@H]5O[C@@H](CO)[C@@H](O)[C@H](O)[C@H]5O)[C@H]4O)[C@H]3O[C@@H]3O[C@@H](CO)[C@@H](O)[C@H](O)[C@H]3O)O[C@H](CO)[C@@H](O)[C@@H]2OC(=O)c2ccccc2)ccc1O. The lowest BCUT2D eigenvalue weighted by Gasteiger charge is -2.51. The van der Waals surface area contributed by atoms with Crippen LogP contribution in [0.2, 0.25) is 0 Å². The minimum atomic E-state index is -3.00. The Labute approximate surface area is 527 Å². The van der Waals surface area contributed by atoms with Crippen LogP contribution in [0.3, 0.4) is 0 Å². The molecule has 0 aromatic heterocycles. The molecule has 34 heteroatoms. The topological polar surface area (TPSA) is 510 Å². The van der Waals surface area contributed by atoms with Gasteiger partial charge in [-0.1, -0.05) is 30.3 Å². The van der Waals surface area contributed by atoms with Crippen molar-refractivity contribution in [2.45, 2.75) is 154 Å². The predicted molar refractivity (Wildman–Crippen MR) is 301 cm³/mol. The highest BCUT2D eigenvalue weighted by Crippen LogP contribution is 2.43. The summed E-state index contributed by atoms with van der Waals surface area (Å²) in [6.45, 7) is -5.65. The summed E-state index contributed by atoms with van der Waals surface area (Å²) in [6, 6.07) is 14.9. The Bertz CT molecular complexity index is 3020. The Kier molecular flexibility index (Phi) is 25.0. The van der Waals surface area contributed by atoms with Crippen LogP contribution in [0, 0.1) is 0 Å². The van der Waals surface area contributed by atoms with E-state index in [0.717, 1.165) is 19.1 Å². The van der Waals surface area contributed by atoms with E-state index in [4.69, 9.17) is 71.1 Å². The first-order valence-corrected chi connectivity index (χ1v) is 28.8. The van der Waals surface area contributed by atoms with E-state index in [0.29, 0.717) is 0 Å². The van der Waals surface area contributed by atoms with Crippen LogP contribution in [0.15, 0.2) is 78.9 Å². The minimum Gasteiger partial charge on any atom is -0.504 e. The summed E-state index contributed by atoms with van der Waals surface area (Å²) in [5, 5.41) is 165. The number of carbonyl (C=O) groups is 4. The first kappa shape index (κ1) is 72.2. The van der Waals surface area contributed by atoms with Gasteiger partial charge in [-0.15, -0.1) is 0 Å². The second-order valence-corrected chi connectivity index (χ2v) is 21.7. The van der Waals surface area contributed by atoms with E-state index >= 15 is 0 Å². The van der Waals surface area contributed by atoms with Gasteiger partial charge in [0, 0.05) is 19.1 Å². The molecule has 3 aromatic rings. The summed E-state index contributed by atoms with van der Waals surface area (Å²) in [6.07, 6.45) is -45.6. The number of carbonyl (C=O) groups excluding carboxylic acids is 4. The van der Waals surface area contributed by atoms with Crippen LogP contribution in [0.5, 0.6) is 23.0 Å². The number of hydrogen-bond acceptors (Lipinski definition) is 34. The molecule has 34 nitrogen and oxygen atoms in total. The van der Waals surface area contributed by atoms with E-state index in [1.54, 1.807) is 6.07 Å². The Balaban J connectivity index is 1.28. The molecule has 0 aliphatic carbocycles. The average molecular weight is 1330 g/mol. The Morgan fingerprint density at radius 3 is 1.52 bits per heavy atom. The second kappa shape index (κ2) is 32.2. The second-order valence-electron chi connectivity index (χ2n) is 21.7. The number of rotatable bonds is 25. The van der Waals surface area contributed by atoms with Crippen molar-refractivity contribution in [3.8, 4) is 23.0 Å². The molecule has 0 amide bonds. The van der Waals surface area contributed by atoms with Gasteiger partial charge in [0.25, 0.3) is 0 Å². The molecule has 5 saturated heterocycles. The fourth-order valence-corrected chi connectivity index (χ4v) is 10.6. The van der Waals surface area contributed by atoms with Crippen molar-refractivity contribution >= 4 is 36.0 Å². The number of hydrogen-bond donors (Lipinski definition) is 15. The highest BCUT2D eigenvalue weighted by Gasteiger charge is 2.64. The summed E-state index contributed by atoms with van der Waals surface area (Å²) in [7, 11) is 2.52. The third-order valence-electron chi connectivity index (χ3n) is 15.5. The van der Waals surface area contributed by atoms with Crippen LogP contribution >= 0.6 is 0 Å². The number of aromatic hydroxyl groups is 2. The minimum absolute atomic E-state index is 0.00886. The first-order chi connectivity index (χ1) is 44.4. The molecular formula is C59H74O34. The van der Waals surface area contributed by atoms with Gasteiger partial charge < -0.3 is 148 Å². The van der Waals surface area contributed by atoms with Crippen LogP contribution in [0.25, 0.3) is 12.2 Å². The van der Waals surface area contributed by atoms with E-state index in [-0.39, 0.29) is 39.7 Å². The molecule has 0 unspecified atom stereocenters. The number of phenolic OH excluding ortho intramolecular Hbond substituents is 2. The number of methoxy groups -OCH3 is 2. The van der Waals surface area contributed by atoms with Gasteiger partial charge in [0.05, 0.1) is 46.2 Å². The van der Waals surface area contributed by atoms with Gasteiger partial charge in [-0.2, -0.15) is 0 Å². The van der Waals surface area contributed by atoms with Gasteiger partial charge in [-0.25, -0.2) is 14.4 Å². The maximum Gasteiger partial charge on any atom is 0.338 e. The fourth-order valence-electron chi connectivity index (χ4n) is 10.6. The van der Waals surface area contributed by atoms with E-state index in [1.165, 1.54) is 87.0 Å². The Morgan fingerprint density at radius 2 is 0.989 bits per heavy atom. The lowest BCUT2D eigenvalue weighted by molar-refractivity contribution is -0.423. The standard InChI is InChI=1S/C59H74O34/c1-25(64)81-23-37-42(71)50(88-55-46(75)44(73)40(69)33(19-60)83-55)48(77)57(86-37)89-51-49(87-39(68)16-12-27-10-14-30(66)32(18-27)80-3)36(22-63)85-58(52(51)90-56-47(76)45(74)41(70)34(20-61)84-56)93-59(24-82-38(67)15-11-26-9-13-29(65)31(17-26)79-2)53(43(72)35(21-62)92-59)91-54(78)28-7-5-4-6-8-28/h4-18,33-37,40-53,55-58,60-63,65-66,69-77H,19-24H2,1-3H3/b15-11+,16-12+/t33-,34-,35+,36+,37-,40+,41+,42+,43+,44-,45-,46+,47+,48+,49+,50-,51-,52+,53-,55-,56-,57-,58+,59+/m0/s1. The summed E-state index contributed by atoms with van der Waals surface area (Å²) < 4.78 is 88.1. The van der Waals surface area contributed by atoms with Gasteiger partial charge in [0.1, 0.15) is 117 Å². The van der Waals surface area contributed by atoms with Crippen molar-refractivity contribution in [3.63, 3.8) is 0 Å². The van der Waals surface area contributed by atoms with Crippen molar-refractivity contribution in [1.82, 2.24) is 0 Å². The molecule has 0 radical (unpaired) electrons. The molecule has 5 heterocycles. The number of ether oxygens (including phenoxy) is 15. The van der Waals surface area contributed by atoms with Crippen molar-refractivity contribution < 1.29 is 167 Å². The van der Waals surface area contributed by atoms with Gasteiger partial charge in [-0.05, 0) is 59.7 Å². The lowest BCUT2D eigenvalue weighted by atomic mass is 9.95. The fraction of sp³-hybridized carbons (Fsp3) is 0.559. The maximum atomic E-state index is 14.3. The molecule has 0 saturated carbocycles. The highest BCUT2D eigenvalue weighted by atomic mass is 16.8. The van der Waals surface area contributed by atoms with Crippen LogP contribution in [-0.4, -0.2) is 301 Å². The molecule has 0 spiro atoms. The Hall–Kier alpha value is -6.66. The smallest absolute Gasteiger partial charge is 0.338 e. The lowest BCUT2D eigenvalue weighted by Crippen LogP contribution is -2.69. The number of esters is 4. The molecule has 93 heavy (non-hydrogen) atoms. The van der Waals surface area contributed by atoms with Crippen LogP contribution in [0.1, 0.15) is 28.4 Å². The third kappa shape index (κ3) is 16.7. The molecule has 15 N–H and O–H groups in total. The molecule has 24 atom stereocenters. The van der Waals surface area contributed by atoms with Crippen LogP contribution in [-0.2, 0) is 76.0 Å². The van der Waals surface area contributed by atoms with Gasteiger partial charge in [0.15, 0.2) is 60.4 Å². The monoisotopic (exact) mass is 1330 g/mol. The molecule has 514 valence electrons. The molecular weight excluding hydrogens is 1250 g/mol. The molecule has 5 fully saturated rings. The number of aliphatic hydroxyl groups excluding tert-OH is 13. The van der Waals surface area contributed by atoms with E-state index in [9.17, 15) is 95.8 Å². The number of aliphatic hydroxyl groups is 13. The van der Waals surface area contributed by atoms with Crippen molar-refractivity contribution in [2.75, 3.05) is 53.9 Å². The molecule has 3 aromatic carbocycles. The number of benzene rings is 3. The zero-order valence-corrected chi connectivity index (χ0v) is 49.6. The molecule has 8 rings (SSSR count). The van der Waals surface area contributed by atoms with Crippen molar-refractivity contribution in [1.29, 1.82) is 0 Å². The highest BCUT2D eigenvalue weighted by molar-refractivity contribution is 5.90. The molecule has 5 aliphatic heterocycles. The first-order valence-electron chi connectivity index (χ1n) is 28.8. The molecule has 0 bridgehead atoms. The summed E-state index contributed by atoms with van der Waals surface area (Å²) >= 11 is 0. The van der Waals surface area contributed by atoms with Crippen LogP contribution in [0.4, 0.5) is 0 Å². The largest absolute Gasteiger partial charge is 0.504 e. The van der Waals surface area contributed by atoms with Gasteiger partial charge >= 0.3 is 23.9 Å². The average Bonchev–Trinajstić information content (AvgIpc) is 1.72.